The van der Waals surface area contributed by atoms with Crippen LogP contribution in [0.4, 0.5) is 16.3 Å². The maximum Gasteiger partial charge on any atom is 0.412 e. The first-order valence-electron chi connectivity index (χ1n) is 12.4. The second-order valence-corrected chi connectivity index (χ2v) is 10.2. The highest BCUT2D eigenvalue weighted by atomic mass is 16.6. The fraction of sp³-hybridized carbons (Fsp3) is 0.393. The minimum atomic E-state index is -0.647. The number of hydrogen-bond donors (Lipinski definition) is 2. The third kappa shape index (κ3) is 5.53. The number of fused-ring (bicyclic) bond motifs is 1. The Morgan fingerprint density at radius 3 is 2.47 bits per heavy atom. The molecule has 1 amide bonds. The molecular formula is C28H33N5O5. The maximum absolute atomic E-state index is 12.4. The van der Waals surface area contributed by atoms with E-state index >= 15 is 0 Å². The molecule has 1 fully saturated rings. The molecule has 2 aromatic carbocycles. The van der Waals surface area contributed by atoms with E-state index < -0.39 is 17.7 Å². The summed E-state index contributed by atoms with van der Waals surface area (Å²) in [5, 5.41) is 10.7. The van der Waals surface area contributed by atoms with Crippen LogP contribution in [0.5, 0.6) is 5.75 Å². The van der Waals surface area contributed by atoms with Crippen molar-refractivity contribution in [2.45, 2.75) is 52.2 Å². The van der Waals surface area contributed by atoms with Gasteiger partial charge in [0.1, 0.15) is 22.6 Å². The third-order valence-corrected chi connectivity index (χ3v) is 6.31. The highest BCUT2D eigenvalue weighted by Gasteiger charge is 2.27. The summed E-state index contributed by atoms with van der Waals surface area (Å²) in [6.45, 7) is 8.33. The van der Waals surface area contributed by atoms with Crippen LogP contribution in [0, 0.1) is 5.41 Å². The standard InChI is InChI=1S/C28H33N5O5/c1-16-8-7-11-33(16)25-24(30-22-14-23(36-5)19(26(34)37-6)13-21(22)31-25)17-9-10-20(18(12-17)15-29)32-27(35)38-28(2,3)4/h9-10,12-16,29H,7-8,11H2,1-6H3,(H,32,35)/t16-/m0/s1. The number of nitrogens with one attached hydrogen (secondary N) is 2. The van der Waals surface area contributed by atoms with Gasteiger partial charge in [0.05, 0.1) is 30.9 Å². The molecule has 0 aliphatic carbocycles. The average molecular weight is 520 g/mol. The fourth-order valence-corrected chi connectivity index (χ4v) is 4.51. The van der Waals surface area contributed by atoms with Gasteiger partial charge in [-0.1, -0.05) is 6.07 Å². The van der Waals surface area contributed by atoms with Crippen LogP contribution in [0.3, 0.4) is 0 Å². The SMILES string of the molecule is COC(=O)c1cc2nc(N3CCC[C@@H]3C)c(-c3ccc(NC(=O)OC(C)(C)C)c(C=N)c3)nc2cc1OC. The number of hydrogen-bond acceptors (Lipinski definition) is 9. The quantitative estimate of drug-likeness (QED) is 0.326. The van der Waals surface area contributed by atoms with E-state index in [1.54, 1.807) is 45.0 Å². The Bertz CT molecular complexity index is 1400. The molecule has 1 atom stereocenters. The van der Waals surface area contributed by atoms with E-state index in [0.29, 0.717) is 39.5 Å². The highest BCUT2D eigenvalue weighted by molar-refractivity contribution is 5.99. The van der Waals surface area contributed by atoms with Crippen LogP contribution in [0.1, 0.15) is 56.5 Å². The lowest BCUT2D eigenvalue weighted by molar-refractivity contribution is 0.0594. The number of nitrogens with zero attached hydrogens (tertiary/aromatic N) is 3. The zero-order valence-electron chi connectivity index (χ0n) is 22.5. The number of ether oxygens (including phenoxy) is 3. The van der Waals surface area contributed by atoms with Gasteiger partial charge in [0.2, 0.25) is 0 Å². The summed E-state index contributed by atoms with van der Waals surface area (Å²) >= 11 is 0. The van der Waals surface area contributed by atoms with Gasteiger partial charge in [-0.3, -0.25) is 5.32 Å². The number of anilines is 2. The Hall–Kier alpha value is -4.21. The van der Waals surface area contributed by atoms with Gasteiger partial charge in [-0.05, 0) is 58.7 Å². The van der Waals surface area contributed by atoms with Crippen LogP contribution in [0.15, 0.2) is 30.3 Å². The summed E-state index contributed by atoms with van der Waals surface area (Å²) in [6, 6.07) is 8.92. The number of carbonyl (C=O) groups excluding carboxylic acids is 2. The van der Waals surface area contributed by atoms with E-state index in [-0.39, 0.29) is 11.6 Å². The molecular weight excluding hydrogens is 486 g/mol. The molecule has 0 saturated carbocycles. The van der Waals surface area contributed by atoms with Gasteiger partial charge < -0.3 is 24.5 Å². The molecule has 38 heavy (non-hydrogen) atoms. The van der Waals surface area contributed by atoms with Gasteiger partial charge in [-0.2, -0.15) is 0 Å². The second-order valence-electron chi connectivity index (χ2n) is 10.2. The Morgan fingerprint density at radius 1 is 1.13 bits per heavy atom. The van der Waals surface area contributed by atoms with E-state index in [2.05, 4.69) is 17.1 Å². The molecule has 3 aromatic rings. The molecule has 1 aromatic heterocycles. The summed E-state index contributed by atoms with van der Waals surface area (Å²) in [7, 11) is 2.80. The molecule has 0 bridgehead atoms. The van der Waals surface area contributed by atoms with Crippen LogP contribution in [0.2, 0.25) is 0 Å². The van der Waals surface area contributed by atoms with Crippen molar-refractivity contribution in [3.8, 4) is 17.0 Å². The molecule has 1 aliphatic heterocycles. The topological polar surface area (TPSA) is 127 Å². The summed E-state index contributed by atoms with van der Waals surface area (Å²) < 4.78 is 15.7. The number of methoxy groups -OCH3 is 2. The predicted molar refractivity (Wildman–Crippen MR) is 147 cm³/mol. The van der Waals surface area contributed by atoms with E-state index in [0.717, 1.165) is 24.9 Å². The van der Waals surface area contributed by atoms with Crippen molar-refractivity contribution in [3.05, 3.63) is 41.5 Å². The predicted octanol–water partition coefficient (Wildman–Crippen LogP) is 5.43. The van der Waals surface area contributed by atoms with Crippen LogP contribution in [-0.4, -0.2) is 60.7 Å². The molecule has 10 nitrogen and oxygen atoms in total. The van der Waals surface area contributed by atoms with E-state index in [1.807, 2.05) is 6.07 Å². The average Bonchev–Trinajstić information content (AvgIpc) is 3.31. The lowest BCUT2D eigenvalue weighted by atomic mass is 10.0. The van der Waals surface area contributed by atoms with Gasteiger partial charge in [-0.25, -0.2) is 19.6 Å². The lowest BCUT2D eigenvalue weighted by Gasteiger charge is -2.25. The van der Waals surface area contributed by atoms with Gasteiger partial charge in [0.15, 0.2) is 5.82 Å². The second kappa shape index (κ2) is 10.6. The number of carbonyl (C=O) groups is 2. The van der Waals surface area contributed by atoms with Crippen LogP contribution in [0.25, 0.3) is 22.3 Å². The molecule has 4 rings (SSSR count). The van der Waals surface area contributed by atoms with E-state index in [4.69, 9.17) is 29.6 Å². The van der Waals surface area contributed by atoms with Gasteiger partial charge in [0, 0.05) is 36.0 Å². The number of benzene rings is 2. The van der Waals surface area contributed by atoms with E-state index in [9.17, 15) is 9.59 Å². The van der Waals surface area contributed by atoms with Crippen molar-refractivity contribution in [3.63, 3.8) is 0 Å². The van der Waals surface area contributed by atoms with Gasteiger partial charge >= 0.3 is 12.1 Å². The first kappa shape index (κ1) is 26.8. The zero-order chi connectivity index (χ0) is 27.6. The first-order valence-corrected chi connectivity index (χ1v) is 12.4. The zero-order valence-corrected chi connectivity index (χ0v) is 22.5. The Morgan fingerprint density at radius 2 is 1.87 bits per heavy atom. The van der Waals surface area contributed by atoms with Crippen molar-refractivity contribution >= 4 is 40.8 Å². The highest BCUT2D eigenvalue weighted by Crippen LogP contribution is 2.36. The molecule has 0 unspecified atom stereocenters. The van der Waals surface area contributed by atoms with Crippen molar-refractivity contribution in [1.82, 2.24) is 9.97 Å². The fourth-order valence-electron chi connectivity index (χ4n) is 4.51. The summed E-state index contributed by atoms with van der Waals surface area (Å²) in [5.74, 6) is 0.505. The summed E-state index contributed by atoms with van der Waals surface area (Å²) in [6.07, 6.45) is 2.63. The summed E-state index contributed by atoms with van der Waals surface area (Å²) in [5.41, 5.74) is 3.03. The maximum atomic E-state index is 12.4. The Balaban J connectivity index is 1.85. The third-order valence-electron chi connectivity index (χ3n) is 6.31. The number of rotatable bonds is 6. The largest absolute Gasteiger partial charge is 0.496 e. The minimum Gasteiger partial charge on any atom is -0.496 e. The van der Waals surface area contributed by atoms with Crippen LogP contribution >= 0.6 is 0 Å². The van der Waals surface area contributed by atoms with Crippen molar-refractivity contribution in [2.75, 3.05) is 31.0 Å². The lowest BCUT2D eigenvalue weighted by Crippen LogP contribution is -2.28. The number of esters is 1. The normalized spacial score (nSPS) is 15.3. The molecule has 0 radical (unpaired) electrons. The first-order chi connectivity index (χ1) is 18.0. The van der Waals surface area contributed by atoms with Crippen molar-refractivity contribution < 1.29 is 23.8 Å². The minimum absolute atomic E-state index is 0.258. The molecule has 10 heteroatoms. The monoisotopic (exact) mass is 519 g/mol. The number of amides is 1. The van der Waals surface area contributed by atoms with Crippen molar-refractivity contribution in [1.29, 1.82) is 5.41 Å². The van der Waals surface area contributed by atoms with Gasteiger partial charge in [0.25, 0.3) is 0 Å². The molecule has 0 spiro atoms. The molecule has 1 saturated heterocycles. The van der Waals surface area contributed by atoms with Gasteiger partial charge in [-0.15, -0.1) is 0 Å². The smallest absolute Gasteiger partial charge is 0.412 e. The van der Waals surface area contributed by atoms with Crippen molar-refractivity contribution in [2.24, 2.45) is 0 Å². The summed E-state index contributed by atoms with van der Waals surface area (Å²) in [4.78, 5) is 36.8. The molecule has 1 aliphatic rings. The van der Waals surface area contributed by atoms with Crippen LogP contribution in [-0.2, 0) is 9.47 Å². The molecule has 200 valence electrons. The van der Waals surface area contributed by atoms with Crippen LogP contribution < -0.4 is 15.0 Å². The Labute approximate surface area is 221 Å². The molecule has 2 N–H and O–H groups in total. The molecule has 2 heterocycles. The number of aromatic nitrogens is 2. The Kier molecular flexibility index (Phi) is 7.52. The van der Waals surface area contributed by atoms with E-state index in [1.165, 1.54) is 20.4 Å².